The highest BCUT2D eigenvalue weighted by Crippen LogP contribution is 2.33. The lowest BCUT2D eigenvalue weighted by Crippen LogP contribution is -2.35. The lowest BCUT2D eigenvalue weighted by atomic mass is 10.1. The van der Waals surface area contributed by atoms with Gasteiger partial charge in [-0.1, -0.05) is 18.2 Å². The Balaban J connectivity index is 1.64. The van der Waals surface area contributed by atoms with Gasteiger partial charge in [0.25, 0.3) is 5.91 Å². The van der Waals surface area contributed by atoms with Crippen molar-refractivity contribution >= 4 is 33.2 Å². The Morgan fingerprint density at radius 2 is 1.77 bits per heavy atom. The molecule has 134 valence electrons. The highest BCUT2D eigenvalue weighted by Gasteiger charge is 2.36. The predicted octanol–water partition coefficient (Wildman–Crippen LogP) is 2.34. The summed E-state index contributed by atoms with van der Waals surface area (Å²) in [5.41, 5.74) is 2.78. The van der Waals surface area contributed by atoms with E-state index in [1.54, 1.807) is 17.0 Å². The summed E-state index contributed by atoms with van der Waals surface area (Å²) >= 11 is 0. The van der Waals surface area contributed by atoms with Gasteiger partial charge in [0, 0.05) is 23.7 Å². The Labute approximate surface area is 152 Å². The minimum atomic E-state index is -3.60. The summed E-state index contributed by atoms with van der Waals surface area (Å²) in [6, 6.07) is 14.1. The SMILES string of the molecule is C[C@@H]1Cc2ccccc2N1C(=O)c1ccc(N2C(=O)CCS2(=O)=O)cc1. The zero-order valence-electron chi connectivity index (χ0n) is 14.3. The van der Waals surface area contributed by atoms with Crippen LogP contribution in [0.1, 0.15) is 29.3 Å². The van der Waals surface area contributed by atoms with Crippen LogP contribution in [0.5, 0.6) is 0 Å². The van der Waals surface area contributed by atoms with Gasteiger partial charge in [0.2, 0.25) is 15.9 Å². The van der Waals surface area contributed by atoms with Crippen LogP contribution in [0.15, 0.2) is 48.5 Å². The second-order valence-corrected chi connectivity index (χ2v) is 8.57. The number of hydrogen-bond donors (Lipinski definition) is 0. The van der Waals surface area contributed by atoms with Gasteiger partial charge in [0.1, 0.15) is 0 Å². The molecule has 2 heterocycles. The largest absolute Gasteiger partial charge is 0.305 e. The summed E-state index contributed by atoms with van der Waals surface area (Å²) < 4.78 is 24.9. The third kappa shape index (κ3) is 2.59. The van der Waals surface area contributed by atoms with Crippen LogP contribution in [0.25, 0.3) is 0 Å². The molecule has 1 saturated heterocycles. The fraction of sp³-hybridized carbons (Fsp3) is 0.263. The van der Waals surface area contributed by atoms with Crippen molar-refractivity contribution in [3.8, 4) is 0 Å². The van der Waals surface area contributed by atoms with Crippen molar-refractivity contribution in [2.24, 2.45) is 0 Å². The van der Waals surface area contributed by atoms with Gasteiger partial charge in [0.15, 0.2) is 0 Å². The van der Waals surface area contributed by atoms with E-state index in [2.05, 4.69) is 0 Å². The van der Waals surface area contributed by atoms with Crippen molar-refractivity contribution in [2.45, 2.75) is 25.8 Å². The molecule has 0 aliphatic carbocycles. The van der Waals surface area contributed by atoms with Gasteiger partial charge in [0.05, 0.1) is 11.4 Å². The Morgan fingerprint density at radius 3 is 2.42 bits per heavy atom. The van der Waals surface area contributed by atoms with Crippen LogP contribution in [-0.4, -0.2) is 32.0 Å². The predicted molar refractivity (Wildman–Crippen MR) is 98.7 cm³/mol. The minimum absolute atomic E-state index is 0.00884. The van der Waals surface area contributed by atoms with Gasteiger partial charge in [-0.2, -0.15) is 0 Å². The van der Waals surface area contributed by atoms with Crippen LogP contribution in [0, 0.1) is 0 Å². The third-order valence-corrected chi connectivity index (χ3v) is 6.54. The summed E-state index contributed by atoms with van der Waals surface area (Å²) in [7, 11) is -3.60. The maximum Gasteiger partial charge on any atom is 0.258 e. The Morgan fingerprint density at radius 1 is 1.08 bits per heavy atom. The van der Waals surface area contributed by atoms with E-state index in [0.29, 0.717) is 5.56 Å². The van der Waals surface area contributed by atoms with E-state index < -0.39 is 15.9 Å². The molecule has 0 saturated carbocycles. The minimum Gasteiger partial charge on any atom is -0.305 e. The molecule has 2 amide bonds. The van der Waals surface area contributed by atoms with E-state index in [1.165, 1.54) is 12.1 Å². The number of carbonyl (C=O) groups excluding carboxylic acids is 2. The maximum atomic E-state index is 13.0. The first-order chi connectivity index (χ1) is 12.4. The number of fused-ring (bicyclic) bond motifs is 1. The zero-order chi connectivity index (χ0) is 18.5. The maximum absolute atomic E-state index is 13.0. The summed E-state index contributed by atoms with van der Waals surface area (Å²) in [6.45, 7) is 2.00. The van der Waals surface area contributed by atoms with E-state index in [9.17, 15) is 18.0 Å². The molecule has 0 unspecified atom stereocenters. The molecule has 0 radical (unpaired) electrons. The first-order valence-electron chi connectivity index (χ1n) is 8.46. The quantitative estimate of drug-likeness (QED) is 0.813. The lowest BCUT2D eigenvalue weighted by molar-refractivity contribution is -0.116. The molecule has 1 fully saturated rings. The topological polar surface area (TPSA) is 74.8 Å². The molecule has 2 aromatic rings. The van der Waals surface area contributed by atoms with Crippen molar-refractivity contribution in [3.63, 3.8) is 0 Å². The van der Waals surface area contributed by atoms with Gasteiger partial charge in [-0.25, -0.2) is 12.7 Å². The summed E-state index contributed by atoms with van der Waals surface area (Å²) in [5, 5.41) is 0. The molecule has 4 rings (SSSR count). The van der Waals surface area contributed by atoms with Gasteiger partial charge in [-0.15, -0.1) is 0 Å². The fourth-order valence-electron chi connectivity index (χ4n) is 3.62. The normalized spacial score (nSPS) is 21.1. The van der Waals surface area contributed by atoms with Gasteiger partial charge in [-0.3, -0.25) is 9.59 Å². The number of amides is 2. The standard InChI is InChI=1S/C19H18N2O4S/c1-13-12-15-4-2-3-5-17(15)20(13)19(23)14-6-8-16(9-7-14)21-18(22)10-11-26(21,24)25/h2-9,13H,10-12H2,1H3/t13-/m1/s1. The van der Waals surface area contributed by atoms with E-state index in [-0.39, 0.29) is 29.8 Å². The van der Waals surface area contributed by atoms with Crippen molar-refractivity contribution in [1.82, 2.24) is 0 Å². The molecule has 0 spiro atoms. The smallest absolute Gasteiger partial charge is 0.258 e. The Kier molecular flexibility index (Phi) is 3.84. The number of sulfonamides is 1. The van der Waals surface area contributed by atoms with E-state index in [0.717, 1.165) is 22.0 Å². The molecule has 2 aliphatic rings. The van der Waals surface area contributed by atoms with E-state index >= 15 is 0 Å². The zero-order valence-corrected chi connectivity index (χ0v) is 15.1. The molecule has 6 nitrogen and oxygen atoms in total. The summed E-state index contributed by atoms with van der Waals surface area (Å²) in [6.07, 6.45) is 0.797. The second kappa shape index (κ2) is 5.95. The van der Waals surface area contributed by atoms with Crippen LogP contribution in [0.2, 0.25) is 0 Å². The number of nitrogens with zero attached hydrogens (tertiary/aromatic N) is 2. The average Bonchev–Trinajstić information content (AvgIpc) is 3.09. The lowest BCUT2D eigenvalue weighted by Gasteiger charge is -2.23. The first-order valence-corrected chi connectivity index (χ1v) is 10.1. The third-order valence-electron chi connectivity index (χ3n) is 4.85. The molecular weight excluding hydrogens is 352 g/mol. The Hall–Kier alpha value is -2.67. The van der Waals surface area contributed by atoms with Crippen LogP contribution >= 0.6 is 0 Å². The molecular formula is C19H18N2O4S. The average molecular weight is 370 g/mol. The highest BCUT2D eigenvalue weighted by atomic mass is 32.2. The molecule has 0 N–H and O–H groups in total. The molecule has 2 aliphatic heterocycles. The van der Waals surface area contributed by atoms with Crippen LogP contribution in [0.4, 0.5) is 11.4 Å². The number of para-hydroxylation sites is 1. The van der Waals surface area contributed by atoms with Crippen LogP contribution in [-0.2, 0) is 21.2 Å². The Bertz CT molecular complexity index is 998. The number of carbonyl (C=O) groups is 2. The van der Waals surface area contributed by atoms with Gasteiger partial charge < -0.3 is 4.90 Å². The van der Waals surface area contributed by atoms with E-state index in [4.69, 9.17) is 0 Å². The molecule has 7 heteroatoms. The number of rotatable bonds is 2. The van der Waals surface area contributed by atoms with Gasteiger partial charge >= 0.3 is 0 Å². The van der Waals surface area contributed by atoms with Crippen molar-refractivity contribution < 1.29 is 18.0 Å². The molecule has 2 aromatic carbocycles. The summed E-state index contributed by atoms with van der Waals surface area (Å²) in [4.78, 5) is 26.6. The van der Waals surface area contributed by atoms with Crippen LogP contribution in [0.3, 0.4) is 0 Å². The molecule has 26 heavy (non-hydrogen) atoms. The van der Waals surface area contributed by atoms with Crippen LogP contribution < -0.4 is 9.21 Å². The number of anilines is 2. The molecule has 0 aromatic heterocycles. The van der Waals surface area contributed by atoms with Crippen molar-refractivity contribution in [2.75, 3.05) is 15.0 Å². The number of hydrogen-bond acceptors (Lipinski definition) is 4. The highest BCUT2D eigenvalue weighted by molar-refractivity contribution is 7.94. The molecule has 1 atom stereocenters. The van der Waals surface area contributed by atoms with Crippen molar-refractivity contribution in [1.29, 1.82) is 0 Å². The van der Waals surface area contributed by atoms with Crippen molar-refractivity contribution in [3.05, 3.63) is 59.7 Å². The number of benzene rings is 2. The van der Waals surface area contributed by atoms with E-state index in [1.807, 2.05) is 31.2 Å². The van der Waals surface area contributed by atoms with Gasteiger partial charge in [-0.05, 0) is 49.2 Å². The second-order valence-electron chi connectivity index (χ2n) is 6.63. The first kappa shape index (κ1) is 16.8. The molecule has 0 bridgehead atoms. The summed E-state index contributed by atoms with van der Waals surface area (Å²) in [5.74, 6) is -0.745. The fourth-order valence-corrected chi connectivity index (χ4v) is 5.08. The monoisotopic (exact) mass is 370 g/mol.